The lowest BCUT2D eigenvalue weighted by Gasteiger charge is -2.34. The average molecular weight is 375 g/mol. The molecule has 0 aliphatic carbocycles. The molecule has 1 N–H and O–H groups in total. The van der Waals surface area contributed by atoms with E-state index >= 15 is 0 Å². The van der Waals surface area contributed by atoms with E-state index in [2.05, 4.69) is 44.7 Å². The highest BCUT2D eigenvalue weighted by Gasteiger charge is 2.22. The van der Waals surface area contributed by atoms with Crippen molar-refractivity contribution in [1.82, 2.24) is 20.1 Å². The van der Waals surface area contributed by atoms with Gasteiger partial charge in [-0.3, -0.25) is 4.79 Å². The Kier molecular flexibility index (Phi) is 5.37. The van der Waals surface area contributed by atoms with Crippen LogP contribution in [0.5, 0.6) is 0 Å². The predicted octanol–water partition coefficient (Wildman–Crippen LogP) is 2.81. The van der Waals surface area contributed by atoms with Gasteiger partial charge in [0.15, 0.2) is 5.82 Å². The first kappa shape index (κ1) is 18.2. The van der Waals surface area contributed by atoms with Crippen LogP contribution in [0.25, 0.3) is 11.4 Å². The molecule has 1 fully saturated rings. The second kappa shape index (κ2) is 8.25. The van der Waals surface area contributed by atoms with E-state index in [0.717, 1.165) is 37.3 Å². The summed E-state index contributed by atoms with van der Waals surface area (Å²) in [6, 6.07) is 20.4. The molecule has 28 heavy (non-hydrogen) atoms. The van der Waals surface area contributed by atoms with Crippen LogP contribution < -0.4 is 10.2 Å². The third-order valence-electron chi connectivity index (χ3n) is 5.22. The summed E-state index contributed by atoms with van der Waals surface area (Å²) >= 11 is 0. The number of carbonyl (C=O) groups excluding carboxylic acids is 1. The van der Waals surface area contributed by atoms with Crippen molar-refractivity contribution in [2.45, 2.75) is 25.3 Å². The molecule has 2 aromatic carbocycles. The second-order valence-corrected chi connectivity index (χ2v) is 7.23. The highest BCUT2D eigenvalue weighted by molar-refractivity contribution is 5.78. The van der Waals surface area contributed by atoms with Gasteiger partial charge in [0, 0.05) is 37.4 Å². The minimum atomic E-state index is -0.00461. The summed E-state index contributed by atoms with van der Waals surface area (Å²) < 4.78 is 1.89. The van der Waals surface area contributed by atoms with Crippen molar-refractivity contribution in [3.63, 3.8) is 0 Å². The van der Waals surface area contributed by atoms with Gasteiger partial charge in [-0.15, -0.1) is 10.2 Å². The van der Waals surface area contributed by atoms with Crippen molar-refractivity contribution in [3.05, 3.63) is 66.5 Å². The SMILES string of the molecule is Cn1c(CC(=O)NC2CCCN(c3ccccc3)C2)nnc1-c1ccccc1. The van der Waals surface area contributed by atoms with Crippen LogP contribution in [0.3, 0.4) is 0 Å². The number of hydrogen-bond donors (Lipinski definition) is 1. The molecule has 6 heteroatoms. The van der Waals surface area contributed by atoms with Crippen molar-refractivity contribution in [2.75, 3.05) is 18.0 Å². The monoisotopic (exact) mass is 375 g/mol. The Hall–Kier alpha value is -3.15. The zero-order valence-electron chi connectivity index (χ0n) is 16.1. The van der Waals surface area contributed by atoms with Crippen LogP contribution in [-0.4, -0.2) is 39.8 Å². The minimum Gasteiger partial charge on any atom is -0.369 e. The maximum Gasteiger partial charge on any atom is 0.227 e. The highest BCUT2D eigenvalue weighted by atomic mass is 16.1. The number of para-hydroxylation sites is 1. The molecule has 1 saturated heterocycles. The molecule has 6 nitrogen and oxygen atoms in total. The third-order valence-corrected chi connectivity index (χ3v) is 5.22. The number of hydrogen-bond acceptors (Lipinski definition) is 4. The Bertz CT molecular complexity index is 923. The normalized spacial score (nSPS) is 16.8. The summed E-state index contributed by atoms with van der Waals surface area (Å²) in [6.07, 6.45) is 2.31. The van der Waals surface area contributed by atoms with Gasteiger partial charge in [-0.1, -0.05) is 48.5 Å². The number of nitrogens with zero attached hydrogens (tertiary/aromatic N) is 4. The molecule has 1 aromatic heterocycles. The molecule has 1 unspecified atom stereocenters. The van der Waals surface area contributed by atoms with E-state index < -0.39 is 0 Å². The number of carbonyl (C=O) groups is 1. The molecule has 1 aliphatic rings. The maximum atomic E-state index is 12.6. The minimum absolute atomic E-state index is 0.00461. The molecule has 0 radical (unpaired) electrons. The fourth-order valence-electron chi connectivity index (χ4n) is 3.74. The quantitative estimate of drug-likeness (QED) is 0.745. The van der Waals surface area contributed by atoms with Crippen molar-refractivity contribution in [3.8, 4) is 11.4 Å². The number of aromatic nitrogens is 3. The van der Waals surface area contributed by atoms with Crippen molar-refractivity contribution < 1.29 is 4.79 Å². The van der Waals surface area contributed by atoms with Gasteiger partial charge in [-0.25, -0.2) is 0 Å². The van der Waals surface area contributed by atoms with Gasteiger partial charge in [0.25, 0.3) is 0 Å². The van der Waals surface area contributed by atoms with Crippen LogP contribution in [0, 0.1) is 0 Å². The van der Waals surface area contributed by atoms with Crippen LogP contribution in [0.1, 0.15) is 18.7 Å². The summed E-state index contributed by atoms with van der Waals surface area (Å²) in [5.41, 5.74) is 2.21. The van der Waals surface area contributed by atoms with Gasteiger partial charge in [-0.2, -0.15) is 0 Å². The lowest BCUT2D eigenvalue weighted by molar-refractivity contribution is -0.121. The molecule has 4 rings (SSSR count). The molecule has 3 aromatic rings. The third kappa shape index (κ3) is 4.06. The lowest BCUT2D eigenvalue weighted by Crippen LogP contribution is -2.48. The van der Waals surface area contributed by atoms with Gasteiger partial charge in [0.2, 0.25) is 5.91 Å². The number of nitrogens with one attached hydrogen (secondary N) is 1. The Morgan fingerprint density at radius 1 is 1.07 bits per heavy atom. The molecule has 0 spiro atoms. The number of benzene rings is 2. The van der Waals surface area contributed by atoms with Crippen molar-refractivity contribution in [1.29, 1.82) is 0 Å². The topological polar surface area (TPSA) is 63.1 Å². The molecule has 144 valence electrons. The summed E-state index contributed by atoms with van der Waals surface area (Å²) in [4.78, 5) is 14.9. The largest absolute Gasteiger partial charge is 0.369 e. The molecular weight excluding hydrogens is 350 g/mol. The smallest absolute Gasteiger partial charge is 0.227 e. The number of anilines is 1. The van der Waals surface area contributed by atoms with E-state index in [-0.39, 0.29) is 18.4 Å². The number of rotatable bonds is 5. The molecular formula is C22H25N5O. The van der Waals surface area contributed by atoms with Gasteiger partial charge < -0.3 is 14.8 Å². The Morgan fingerprint density at radius 2 is 1.79 bits per heavy atom. The standard InChI is InChI=1S/C22H25N5O/c1-26-20(24-25-22(26)17-9-4-2-5-10-17)15-21(28)23-18-11-8-14-27(16-18)19-12-6-3-7-13-19/h2-7,9-10,12-13,18H,8,11,14-16H2,1H3,(H,23,28). The molecule has 1 aliphatic heterocycles. The summed E-state index contributed by atoms with van der Waals surface area (Å²) in [6.45, 7) is 1.87. The number of amides is 1. The Morgan fingerprint density at radius 3 is 2.54 bits per heavy atom. The first-order valence-electron chi connectivity index (χ1n) is 9.74. The van der Waals surface area contributed by atoms with E-state index in [9.17, 15) is 4.79 Å². The van der Waals surface area contributed by atoms with Crippen LogP contribution in [0.4, 0.5) is 5.69 Å². The first-order valence-corrected chi connectivity index (χ1v) is 9.74. The van der Waals surface area contributed by atoms with Gasteiger partial charge in [0.1, 0.15) is 5.82 Å². The van der Waals surface area contributed by atoms with Gasteiger partial charge >= 0.3 is 0 Å². The zero-order chi connectivity index (χ0) is 19.3. The van der Waals surface area contributed by atoms with Crippen molar-refractivity contribution in [2.24, 2.45) is 7.05 Å². The molecule has 0 saturated carbocycles. The van der Waals surface area contributed by atoms with E-state index in [1.54, 1.807) is 0 Å². The fraction of sp³-hybridized carbons (Fsp3) is 0.318. The Labute approximate surface area is 165 Å². The summed E-state index contributed by atoms with van der Waals surface area (Å²) in [5, 5.41) is 11.7. The predicted molar refractivity (Wildman–Crippen MR) is 110 cm³/mol. The Balaban J connectivity index is 1.38. The van der Waals surface area contributed by atoms with E-state index in [0.29, 0.717) is 5.82 Å². The zero-order valence-corrected chi connectivity index (χ0v) is 16.1. The fourth-order valence-corrected chi connectivity index (χ4v) is 3.74. The molecule has 1 atom stereocenters. The van der Waals surface area contributed by atoms with Crippen LogP contribution in [-0.2, 0) is 18.3 Å². The van der Waals surface area contributed by atoms with Crippen molar-refractivity contribution >= 4 is 11.6 Å². The number of piperidine rings is 1. The molecule has 2 heterocycles. The summed E-state index contributed by atoms with van der Waals surface area (Å²) in [7, 11) is 1.91. The van der Waals surface area contributed by atoms with Crippen LogP contribution in [0.2, 0.25) is 0 Å². The van der Waals surface area contributed by atoms with E-state index in [1.165, 1.54) is 5.69 Å². The highest BCUT2D eigenvalue weighted by Crippen LogP contribution is 2.20. The maximum absolute atomic E-state index is 12.6. The van der Waals surface area contributed by atoms with E-state index in [1.807, 2.05) is 48.0 Å². The van der Waals surface area contributed by atoms with Crippen LogP contribution in [0.15, 0.2) is 60.7 Å². The van der Waals surface area contributed by atoms with E-state index in [4.69, 9.17) is 0 Å². The van der Waals surface area contributed by atoms with Crippen LogP contribution >= 0.6 is 0 Å². The second-order valence-electron chi connectivity index (χ2n) is 7.23. The lowest BCUT2D eigenvalue weighted by atomic mass is 10.0. The first-order chi connectivity index (χ1) is 13.7. The van der Waals surface area contributed by atoms with Gasteiger partial charge in [0.05, 0.1) is 6.42 Å². The molecule has 1 amide bonds. The van der Waals surface area contributed by atoms with Gasteiger partial charge in [-0.05, 0) is 25.0 Å². The average Bonchev–Trinajstić information content (AvgIpc) is 3.09. The summed E-state index contributed by atoms with van der Waals surface area (Å²) in [5.74, 6) is 1.44. The molecule has 0 bridgehead atoms.